The van der Waals surface area contributed by atoms with Gasteiger partial charge in [-0.15, -0.1) is 0 Å². The fourth-order valence-electron chi connectivity index (χ4n) is 1.33. The van der Waals surface area contributed by atoms with Crippen molar-refractivity contribution >= 4 is 21.8 Å². The van der Waals surface area contributed by atoms with E-state index in [-0.39, 0.29) is 19.1 Å². The number of aliphatic hydroxyl groups excluding tert-OH is 1. The maximum Gasteiger partial charge on any atom is 0.257 e. The van der Waals surface area contributed by atoms with Gasteiger partial charge in [-0.25, -0.2) is 0 Å². The van der Waals surface area contributed by atoms with Gasteiger partial charge in [-0.05, 0) is 24.6 Å². The zero-order valence-electron chi connectivity index (χ0n) is 10.6. The summed E-state index contributed by atoms with van der Waals surface area (Å²) in [6.07, 6.45) is 0.711. The van der Waals surface area contributed by atoms with Gasteiger partial charge in [0.05, 0.1) is 13.2 Å². The monoisotopic (exact) mass is 331 g/mol. The Morgan fingerprint density at radius 3 is 2.95 bits per heavy atom. The first-order chi connectivity index (χ1) is 9.22. The number of hydrogen-bond acceptors (Lipinski definition) is 4. The summed E-state index contributed by atoms with van der Waals surface area (Å²) in [4.78, 5) is 11.5. The molecule has 0 aliphatic carbocycles. The Hall–Kier alpha value is -1.11. The van der Waals surface area contributed by atoms with Crippen molar-refractivity contribution in [3.05, 3.63) is 28.7 Å². The lowest BCUT2D eigenvalue weighted by Gasteiger charge is -2.08. The zero-order chi connectivity index (χ0) is 13.9. The van der Waals surface area contributed by atoms with E-state index in [9.17, 15) is 4.79 Å². The van der Waals surface area contributed by atoms with Crippen molar-refractivity contribution in [2.45, 2.75) is 6.42 Å². The first kappa shape index (κ1) is 15.9. The van der Waals surface area contributed by atoms with Crippen LogP contribution < -0.4 is 10.1 Å². The molecule has 0 heterocycles. The van der Waals surface area contributed by atoms with E-state index in [1.165, 1.54) is 0 Å². The number of amides is 1. The van der Waals surface area contributed by atoms with Gasteiger partial charge in [0, 0.05) is 17.6 Å². The van der Waals surface area contributed by atoms with Crippen molar-refractivity contribution in [1.82, 2.24) is 5.32 Å². The number of benzene rings is 1. The summed E-state index contributed by atoms with van der Waals surface area (Å²) < 4.78 is 11.3. The van der Waals surface area contributed by atoms with Crippen molar-refractivity contribution in [1.29, 1.82) is 0 Å². The van der Waals surface area contributed by atoms with Crippen LogP contribution in [0.15, 0.2) is 28.7 Å². The third-order valence-electron chi connectivity index (χ3n) is 2.19. The normalized spacial score (nSPS) is 10.2. The molecule has 6 heteroatoms. The van der Waals surface area contributed by atoms with Crippen molar-refractivity contribution < 1.29 is 19.4 Å². The van der Waals surface area contributed by atoms with Gasteiger partial charge in [0.15, 0.2) is 6.61 Å². The Balaban J connectivity index is 2.08. The molecule has 5 nitrogen and oxygen atoms in total. The van der Waals surface area contributed by atoms with E-state index in [4.69, 9.17) is 14.6 Å². The van der Waals surface area contributed by atoms with Gasteiger partial charge in [-0.1, -0.05) is 22.0 Å². The molecule has 0 saturated heterocycles. The SMILES string of the molecule is O=C(COc1cccc(Br)c1)NCCCOCCO. The molecule has 19 heavy (non-hydrogen) atoms. The minimum atomic E-state index is -0.165. The second kappa shape index (κ2) is 9.77. The Morgan fingerprint density at radius 1 is 1.37 bits per heavy atom. The van der Waals surface area contributed by atoms with Gasteiger partial charge in [0.2, 0.25) is 0 Å². The lowest BCUT2D eigenvalue weighted by Crippen LogP contribution is -2.30. The standard InChI is InChI=1S/C13H18BrNO4/c14-11-3-1-4-12(9-11)19-10-13(17)15-5-2-7-18-8-6-16/h1,3-4,9,16H,2,5-8,10H2,(H,15,17). The van der Waals surface area contributed by atoms with E-state index in [1.54, 1.807) is 12.1 Å². The van der Waals surface area contributed by atoms with E-state index < -0.39 is 0 Å². The molecule has 0 bridgehead atoms. The van der Waals surface area contributed by atoms with E-state index in [1.807, 2.05) is 12.1 Å². The van der Waals surface area contributed by atoms with E-state index in [0.29, 0.717) is 31.9 Å². The number of aliphatic hydroxyl groups is 1. The van der Waals surface area contributed by atoms with Gasteiger partial charge >= 0.3 is 0 Å². The maximum absolute atomic E-state index is 11.5. The van der Waals surface area contributed by atoms with E-state index in [2.05, 4.69) is 21.2 Å². The number of halogens is 1. The molecular formula is C13H18BrNO4. The van der Waals surface area contributed by atoms with Crippen LogP contribution in [0.3, 0.4) is 0 Å². The quantitative estimate of drug-likeness (QED) is 0.670. The number of ether oxygens (including phenoxy) is 2. The molecule has 0 radical (unpaired) electrons. The second-order valence-corrected chi connectivity index (χ2v) is 4.70. The highest BCUT2D eigenvalue weighted by Crippen LogP contribution is 2.17. The minimum Gasteiger partial charge on any atom is -0.484 e. The van der Waals surface area contributed by atoms with Gasteiger partial charge in [-0.2, -0.15) is 0 Å². The average molecular weight is 332 g/mol. The number of carbonyl (C=O) groups excluding carboxylic acids is 1. The molecule has 1 amide bonds. The van der Waals surface area contributed by atoms with Crippen molar-refractivity contribution in [3.63, 3.8) is 0 Å². The Morgan fingerprint density at radius 2 is 2.21 bits per heavy atom. The number of nitrogens with one attached hydrogen (secondary N) is 1. The molecule has 1 rings (SSSR count). The van der Waals surface area contributed by atoms with Gasteiger partial charge in [0.1, 0.15) is 5.75 Å². The molecular weight excluding hydrogens is 314 g/mol. The van der Waals surface area contributed by atoms with Crippen LogP contribution in [-0.4, -0.2) is 44.0 Å². The summed E-state index contributed by atoms with van der Waals surface area (Å²) in [6.45, 7) is 1.40. The Kier molecular flexibility index (Phi) is 8.20. The maximum atomic E-state index is 11.5. The van der Waals surface area contributed by atoms with E-state index >= 15 is 0 Å². The third kappa shape index (κ3) is 7.81. The lowest BCUT2D eigenvalue weighted by atomic mass is 10.3. The molecule has 0 saturated carbocycles. The van der Waals surface area contributed by atoms with Crippen molar-refractivity contribution in [2.75, 3.05) is 33.0 Å². The molecule has 1 aromatic rings. The van der Waals surface area contributed by atoms with Crippen molar-refractivity contribution in [3.8, 4) is 5.75 Å². The van der Waals surface area contributed by atoms with E-state index in [0.717, 1.165) is 4.47 Å². The number of rotatable bonds is 9. The smallest absolute Gasteiger partial charge is 0.257 e. The zero-order valence-corrected chi connectivity index (χ0v) is 12.2. The molecule has 1 aromatic carbocycles. The minimum absolute atomic E-state index is 0.00600. The molecule has 106 valence electrons. The van der Waals surface area contributed by atoms with Crippen molar-refractivity contribution in [2.24, 2.45) is 0 Å². The van der Waals surface area contributed by atoms with Crippen LogP contribution in [-0.2, 0) is 9.53 Å². The summed E-state index contributed by atoms with van der Waals surface area (Å²) in [6, 6.07) is 7.33. The van der Waals surface area contributed by atoms with Gasteiger partial charge < -0.3 is 19.9 Å². The Labute approximate surface area is 121 Å². The number of carbonyl (C=O) groups is 1. The fourth-order valence-corrected chi connectivity index (χ4v) is 1.70. The molecule has 0 atom stereocenters. The highest BCUT2D eigenvalue weighted by Gasteiger charge is 2.02. The van der Waals surface area contributed by atoms with Crippen LogP contribution in [0.1, 0.15) is 6.42 Å². The average Bonchev–Trinajstić information content (AvgIpc) is 2.40. The molecule has 0 aromatic heterocycles. The summed E-state index contributed by atoms with van der Waals surface area (Å²) in [5.41, 5.74) is 0. The summed E-state index contributed by atoms with van der Waals surface area (Å²) in [5.74, 6) is 0.484. The van der Waals surface area contributed by atoms with Crippen LogP contribution in [0.2, 0.25) is 0 Å². The van der Waals surface area contributed by atoms with Crippen LogP contribution in [0.4, 0.5) is 0 Å². The number of hydrogen-bond donors (Lipinski definition) is 2. The predicted molar refractivity (Wildman–Crippen MR) is 75.2 cm³/mol. The van der Waals surface area contributed by atoms with Crippen LogP contribution in [0, 0.1) is 0 Å². The summed E-state index contributed by atoms with van der Waals surface area (Å²) in [7, 11) is 0. The largest absolute Gasteiger partial charge is 0.484 e. The van der Waals surface area contributed by atoms with Gasteiger partial charge in [-0.3, -0.25) is 4.79 Å². The highest BCUT2D eigenvalue weighted by atomic mass is 79.9. The van der Waals surface area contributed by atoms with Gasteiger partial charge in [0.25, 0.3) is 5.91 Å². The topological polar surface area (TPSA) is 67.8 Å². The molecule has 0 aliphatic heterocycles. The summed E-state index contributed by atoms with van der Waals surface area (Å²) in [5, 5.41) is 11.2. The fraction of sp³-hybridized carbons (Fsp3) is 0.462. The third-order valence-corrected chi connectivity index (χ3v) is 2.68. The molecule has 0 fully saturated rings. The second-order valence-electron chi connectivity index (χ2n) is 3.79. The first-order valence-corrected chi connectivity index (χ1v) is 6.85. The molecule has 0 spiro atoms. The highest BCUT2D eigenvalue weighted by molar-refractivity contribution is 9.10. The molecule has 2 N–H and O–H groups in total. The van der Waals surface area contributed by atoms with Crippen LogP contribution in [0.25, 0.3) is 0 Å². The predicted octanol–water partition coefficient (Wildman–Crippen LogP) is 1.34. The molecule has 0 unspecified atom stereocenters. The van der Waals surface area contributed by atoms with Crippen LogP contribution in [0.5, 0.6) is 5.75 Å². The Bertz CT molecular complexity index is 387. The summed E-state index contributed by atoms with van der Waals surface area (Å²) >= 11 is 3.33. The molecule has 0 aliphatic rings. The first-order valence-electron chi connectivity index (χ1n) is 6.06. The van der Waals surface area contributed by atoms with Crippen LogP contribution >= 0.6 is 15.9 Å². The lowest BCUT2D eigenvalue weighted by molar-refractivity contribution is -0.123.